The lowest BCUT2D eigenvalue weighted by molar-refractivity contribution is 0.115. The fourth-order valence-corrected chi connectivity index (χ4v) is 2.45. The number of rotatable bonds is 0. The summed E-state index contributed by atoms with van der Waals surface area (Å²) < 4.78 is 0. The Kier molecular flexibility index (Phi) is 5.49. The van der Waals surface area contributed by atoms with Gasteiger partial charge in [0.05, 0.1) is 0 Å². The van der Waals surface area contributed by atoms with E-state index in [4.69, 9.17) is 0 Å². The van der Waals surface area contributed by atoms with Crippen molar-refractivity contribution in [2.45, 2.75) is 33.1 Å². The fourth-order valence-electron chi connectivity index (χ4n) is 2.45. The van der Waals surface area contributed by atoms with Crippen LogP contribution in [0.3, 0.4) is 0 Å². The first kappa shape index (κ1) is 12.0. The zero-order chi connectivity index (χ0) is 10.4. The normalized spacial score (nSPS) is 32.8. The summed E-state index contributed by atoms with van der Waals surface area (Å²) >= 11 is 0. The summed E-state index contributed by atoms with van der Waals surface area (Å²) in [6.07, 6.45) is 4.10. The monoisotopic (exact) mass is 198 g/mol. The van der Waals surface area contributed by atoms with Crippen LogP contribution in [-0.4, -0.2) is 38.1 Å². The molecule has 2 heteroatoms. The molecule has 2 saturated heterocycles. The van der Waals surface area contributed by atoms with Gasteiger partial charge in [-0.15, -0.1) is 0 Å². The molecule has 0 radical (unpaired) electrons. The number of nitrogens with one attached hydrogen (secondary N) is 1. The molecule has 0 spiro atoms. The number of fused-ring (bicyclic) bond motifs is 1. The number of hydrogen-bond acceptors (Lipinski definition) is 2. The third-order valence-electron chi connectivity index (χ3n) is 3.19. The maximum atomic E-state index is 3.48. The molecule has 0 aliphatic carbocycles. The molecule has 2 aliphatic heterocycles. The molecular formula is C12H26N2. The van der Waals surface area contributed by atoms with E-state index in [0.29, 0.717) is 0 Å². The second kappa shape index (κ2) is 6.41. The Bertz CT molecular complexity index is 147. The molecule has 2 heterocycles. The molecule has 14 heavy (non-hydrogen) atoms. The van der Waals surface area contributed by atoms with E-state index in [2.05, 4.69) is 31.1 Å². The van der Waals surface area contributed by atoms with E-state index in [9.17, 15) is 0 Å². The van der Waals surface area contributed by atoms with Crippen LogP contribution in [0, 0.1) is 11.8 Å². The largest absolute Gasteiger partial charge is 0.316 e. The van der Waals surface area contributed by atoms with Crippen molar-refractivity contribution in [3.63, 3.8) is 0 Å². The lowest BCUT2D eigenvalue weighted by atomic mass is 9.81. The van der Waals surface area contributed by atoms with Gasteiger partial charge in [-0.25, -0.2) is 0 Å². The Morgan fingerprint density at radius 3 is 2.64 bits per heavy atom. The van der Waals surface area contributed by atoms with E-state index < -0.39 is 0 Å². The average molecular weight is 198 g/mol. The highest BCUT2D eigenvalue weighted by Gasteiger charge is 2.29. The molecule has 0 saturated carbocycles. The van der Waals surface area contributed by atoms with Crippen LogP contribution in [-0.2, 0) is 0 Å². The SMILES string of the molecule is CCC.CN1CCC2CCNCC2C1. The molecule has 2 fully saturated rings. The van der Waals surface area contributed by atoms with Crippen molar-refractivity contribution in [3.8, 4) is 0 Å². The van der Waals surface area contributed by atoms with E-state index in [1.165, 1.54) is 45.4 Å². The van der Waals surface area contributed by atoms with Crippen LogP contribution >= 0.6 is 0 Å². The summed E-state index contributed by atoms with van der Waals surface area (Å²) in [5, 5.41) is 3.48. The van der Waals surface area contributed by atoms with E-state index >= 15 is 0 Å². The molecule has 84 valence electrons. The van der Waals surface area contributed by atoms with Crippen molar-refractivity contribution in [1.82, 2.24) is 10.2 Å². The maximum absolute atomic E-state index is 3.48. The van der Waals surface area contributed by atoms with Crippen molar-refractivity contribution >= 4 is 0 Å². The molecular weight excluding hydrogens is 172 g/mol. The van der Waals surface area contributed by atoms with E-state index in [0.717, 1.165) is 11.8 Å². The molecule has 2 unspecified atom stereocenters. The van der Waals surface area contributed by atoms with Gasteiger partial charge in [0.2, 0.25) is 0 Å². The van der Waals surface area contributed by atoms with Gasteiger partial charge in [-0.3, -0.25) is 0 Å². The Balaban J connectivity index is 0.000000293. The Morgan fingerprint density at radius 1 is 1.21 bits per heavy atom. The summed E-state index contributed by atoms with van der Waals surface area (Å²) in [7, 11) is 2.24. The van der Waals surface area contributed by atoms with Crippen LogP contribution in [0.5, 0.6) is 0 Å². The van der Waals surface area contributed by atoms with Gasteiger partial charge in [0.15, 0.2) is 0 Å². The van der Waals surface area contributed by atoms with Crippen LogP contribution in [0.4, 0.5) is 0 Å². The molecule has 0 bridgehead atoms. The maximum Gasteiger partial charge on any atom is 0.00214 e. The van der Waals surface area contributed by atoms with Gasteiger partial charge in [0.1, 0.15) is 0 Å². The van der Waals surface area contributed by atoms with E-state index in [1.54, 1.807) is 0 Å². The molecule has 2 atom stereocenters. The lowest BCUT2D eigenvalue weighted by Gasteiger charge is -2.40. The molecule has 2 nitrogen and oxygen atoms in total. The van der Waals surface area contributed by atoms with E-state index in [-0.39, 0.29) is 0 Å². The fraction of sp³-hybridized carbons (Fsp3) is 1.00. The van der Waals surface area contributed by atoms with Gasteiger partial charge in [0, 0.05) is 6.54 Å². The highest BCUT2D eigenvalue weighted by Crippen LogP contribution is 2.27. The van der Waals surface area contributed by atoms with Crippen molar-refractivity contribution in [3.05, 3.63) is 0 Å². The molecule has 0 amide bonds. The van der Waals surface area contributed by atoms with Crippen molar-refractivity contribution in [2.75, 3.05) is 33.2 Å². The molecule has 2 rings (SSSR count). The summed E-state index contributed by atoms with van der Waals surface area (Å²) in [5.41, 5.74) is 0. The predicted octanol–water partition coefficient (Wildman–Crippen LogP) is 1.96. The van der Waals surface area contributed by atoms with Crippen molar-refractivity contribution in [2.24, 2.45) is 11.8 Å². The quantitative estimate of drug-likeness (QED) is 0.640. The van der Waals surface area contributed by atoms with E-state index in [1.807, 2.05) is 0 Å². The minimum absolute atomic E-state index is 0.947. The van der Waals surface area contributed by atoms with Gasteiger partial charge in [-0.1, -0.05) is 20.3 Å². The number of likely N-dealkylation sites (tertiary alicyclic amines) is 1. The topological polar surface area (TPSA) is 15.3 Å². The minimum Gasteiger partial charge on any atom is -0.316 e. The second-order valence-electron chi connectivity index (χ2n) is 4.77. The van der Waals surface area contributed by atoms with Crippen LogP contribution in [0.25, 0.3) is 0 Å². The van der Waals surface area contributed by atoms with Gasteiger partial charge >= 0.3 is 0 Å². The lowest BCUT2D eigenvalue weighted by Crippen LogP contribution is -2.47. The second-order valence-corrected chi connectivity index (χ2v) is 4.77. The van der Waals surface area contributed by atoms with Crippen LogP contribution < -0.4 is 5.32 Å². The van der Waals surface area contributed by atoms with Crippen molar-refractivity contribution in [1.29, 1.82) is 0 Å². The van der Waals surface area contributed by atoms with Crippen molar-refractivity contribution < 1.29 is 0 Å². The van der Waals surface area contributed by atoms with Gasteiger partial charge in [-0.05, 0) is 51.4 Å². The minimum atomic E-state index is 0.947. The average Bonchev–Trinajstić information content (AvgIpc) is 2.19. The molecule has 1 N–H and O–H groups in total. The first-order chi connectivity index (χ1) is 6.77. The Labute approximate surface area is 89.1 Å². The molecule has 2 aliphatic rings. The third-order valence-corrected chi connectivity index (χ3v) is 3.19. The number of hydrogen-bond donors (Lipinski definition) is 1. The number of piperidine rings is 2. The first-order valence-corrected chi connectivity index (χ1v) is 6.17. The zero-order valence-corrected chi connectivity index (χ0v) is 10.1. The van der Waals surface area contributed by atoms with Crippen LogP contribution in [0.1, 0.15) is 33.1 Å². The zero-order valence-electron chi connectivity index (χ0n) is 10.1. The van der Waals surface area contributed by atoms with Gasteiger partial charge in [0.25, 0.3) is 0 Å². The molecule has 0 aromatic heterocycles. The smallest absolute Gasteiger partial charge is 0.00214 e. The summed E-state index contributed by atoms with van der Waals surface area (Å²) in [5.74, 6) is 1.98. The third kappa shape index (κ3) is 3.58. The number of nitrogens with zero attached hydrogens (tertiary/aromatic N) is 1. The van der Waals surface area contributed by atoms with Crippen LogP contribution in [0.2, 0.25) is 0 Å². The Morgan fingerprint density at radius 2 is 1.93 bits per heavy atom. The summed E-state index contributed by atoms with van der Waals surface area (Å²) in [6.45, 7) is 9.40. The van der Waals surface area contributed by atoms with Gasteiger partial charge < -0.3 is 10.2 Å². The predicted molar refractivity (Wildman–Crippen MR) is 62.5 cm³/mol. The first-order valence-electron chi connectivity index (χ1n) is 6.17. The summed E-state index contributed by atoms with van der Waals surface area (Å²) in [4.78, 5) is 2.47. The van der Waals surface area contributed by atoms with Crippen LogP contribution in [0.15, 0.2) is 0 Å². The highest BCUT2D eigenvalue weighted by atomic mass is 15.1. The standard InChI is InChI=1S/C9H18N2.C3H8/c1-11-5-3-8-2-4-10-6-9(8)7-11;1-3-2/h8-10H,2-7H2,1H3;3H2,1-2H3. The molecule has 0 aromatic carbocycles. The van der Waals surface area contributed by atoms with Gasteiger partial charge in [-0.2, -0.15) is 0 Å². The summed E-state index contributed by atoms with van der Waals surface area (Å²) in [6, 6.07) is 0. The Hall–Kier alpha value is -0.0800. The highest BCUT2D eigenvalue weighted by molar-refractivity contribution is 4.84. The molecule has 0 aromatic rings.